The van der Waals surface area contributed by atoms with Crippen LogP contribution >= 0.6 is 0 Å². The predicted octanol–water partition coefficient (Wildman–Crippen LogP) is -0.964. The van der Waals surface area contributed by atoms with Crippen LogP contribution < -0.4 is 11.1 Å². The Hall–Kier alpha value is -0.900. The molecule has 0 spiro atoms. The van der Waals surface area contributed by atoms with Gasteiger partial charge in [0.15, 0.2) is 0 Å². The summed E-state index contributed by atoms with van der Waals surface area (Å²) in [5.74, 6) is -0.716. The van der Waals surface area contributed by atoms with E-state index < -0.39 is 5.97 Å². The number of carboxylic acid groups (broad SMARTS) is 1. The van der Waals surface area contributed by atoms with Gasteiger partial charge < -0.3 is 10.8 Å². The van der Waals surface area contributed by atoms with E-state index in [4.69, 9.17) is 10.8 Å². The molecular weight excluding hydrogens is 144 g/mol. The van der Waals surface area contributed by atoms with Crippen LogP contribution in [-0.2, 0) is 4.79 Å². The maximum Gasteiger partial charge on any atom is 0.303 e. The number of unbranched alkanes of at least 4 members (excludes halogenated alkanes) is 2. The summed E-state index contributed by atoms with van der Waals surface area (Å²) in [6, 6.07) is 0. The largest absolute Gasteiger partial charge is 0.481 e. The lowest BCUT2D eigenvalue weighted by molar-refractivity contribution is -0.137. The smallest absolute Gasteiger partial charge is 0.303 e. The fraction of sp³-hybridized carbons (Fsp3) is 0.714. The lowest BCUT2D eigenvalue weighted by Crippen LogP contribution is -2.21. The van der Waals surface area contributed by atoms with E-state index in [2.05, 4.69) is 12.1 Å². The third kappa shape index (κ3) is 17.6. The van der Waals surface area contributed by atoms with Crippen molar-refractivity contribution in [2.45, 2.75) is 25.7 Å². The molecule has 0 aliphatic rings. The van der Waals surface area contributed by atoms with Gasteiger partial charge in [0.25, 0.3) is 0 Å². The summed E-state index contributed by atoms with van der Waals surface area (Å²) in [5.41, 5.74) is 5.20. The molecule has 0 aromatic carbocycles. The van der Waals surface area contributed by atoms with Crippen LogP contribution in [0, 0.1) is 0 Å². The molecule has 0 saturated carbocycles. The molecule has 0 radical (unpaired) electrons. The molecule has 0 aromatic heterocycles. The minimum absolute atomic E-state index is 0.278. The second-order valence-corrected chi connectivity index (χ2v) is 1.99. The van der Waals surface area contributed by atoms with Crippen LogP contribution in [0.25, 0.3) is 0 Å². The molecule has 5 N–H and O–H groups in total. The molecule has 4 nitrogen and oxygen atoms in total. The Morgan fingerprint density at radius 1 is 1.36 bits per heavy atom. The van der Waals surface area contributed by atoms with Gasteiger partial charge in [0.2, 0.25) is 0 Å². The first-order valence-electron chi connectivity index (χ1n) is 3.60. The van der Waals surface area contributed by atoms with E-state index in [9.17, 15) is 4.79 Å². The Labute approximate surface area is 66.9 Å². The highest BCUT2D eigenvalue weighted by Gasteiger charge is 1.94. The molecule has 11 heavy (non-hydrogen) atoms. The molecular formula is C7H17N2O2+. The average Bonchev–Trinajstić information content (AvgIpc) is 2.02. The fourth-order valence-electron chi connectivity index (χ4n) is 0.597. The van der Waals surface area contributed by atoms with Crippen LogP contribution in [0.4, 0.5) is 0 Å². The molecule has 66 valence electrons. The summed E-state index contributed by atoms with van der Waals surface area (Å²) in [4.78, 5) is 9.93. The lowest BCUT2D eigenvalue weighted by Gasteiger charge is -1.93. The van der Waals surface area contributed by atoms with Gasteiger partial charge in [-0.1, -0.05) is 6.42 Å². The quantitative estimate of drug-likeness (QED) is 0.358. The van der Waals surface area contributed by atoms with Gasteiger partial charge >= 0.3 is 5.97 Å². The summed E-state index contributed by atoms with van der Waals surface area (Å²) in [6.45, 7) is 3.42. The van der Waals surface area contributed by atoms with Gasteiger partial charge in [-0.25, -0.2) is 0 Å². The highest BCUT2D eigenvalue weighted by molar-refractivity contribution is 5.66. The summed E-state index contributed by atoms with van der Waals surface area (Å²) in [7, 11) is 0. The minimum atomic E-state index is -0.716. The zero-order chi connectivity index (χ0) is 9.11. The summed E-state index contributed by atoms with van der Waals surface area (Å²) < 4.78 is 0. The van der Waals surface area contributed by atoms with Crippen LogP contribution in [0.15, 0.2) is 0 Å². The number of rotatable bonds is 5. The number of hydrogen-bond acceptors (Lipinski definition) is 2. The van der Waals surface area contributed by atoms with Gasteiger partial charge in [0.1, 0.15) is 6.72 Å². The van der Waals surface area contributed by atoms with Crippen LogP contribution in [0.1, 0.15) is 25.7 Å². The molecule has 0 saturated heterocycles. The second kappa shape index (κ2) is 11.8. The van der Waals surface area contributed by atoms with Crippen molar-refractivity contribution in [2.24, 2.45) is 5.73 Å². The van der Waals surface area contributed by atoms with Gasteiger partial charge in [0, 0.05) is 6.42 Å². The summed E-state index contributed by atoms with van der Waals surface area (Å²) in [6.07, 6.45) is 2.91. The third-order valence-corrected chi connectivity index (χ3v) is 1.09. The molecule has 0 aliphatic carbocycles. The van der Waals surface area contributed by atoms with Crippen LogP contribution in [-0.4, -0.2) is 24.3 Å². The maximum atomic E-state index is 9.93. The third-order valence-electron chi connectivity index (χ3n) is 1.09. The Morgan fingerprint density at radius 2 is 1.91 bits per heavy atom. The first-order chi connectivity index (χ1) is 5.27. The van der Waals surface area contributed by atoms with E-state index in [0.29, 0.717) is 6.54 Å². The Kier molecular flexibility index (Phi) is 13.7. The average molecular weight is 161 g/mol. The van der Waals surface area contributed by atoms with E-state index in [0.717, 1.165) is 19.3 Å². The van der Waals surface area contributed by atoms with Crippen molar-refractivity contribution in [2.75, 3.05) is 6.54 Å². The zero-order valence-electron chi connectivity index (χ0n) is 6.75. The SMILES string of the molecule is C=[NH2+].NCCCCCC(=O)O. The van der Waals surface area contributed by atoms with Gasteiger partial charge in [-0.2, -0.15) is 0 Å². The molecule has 0 bridgehead atoms. The summed E-state index contributed by atoms with van der Waals surface area (Å²) >= 11 is 0. The van der Waals surface area contributed by atoms with Crippen molar-refractivity contribution in [3.8, 4) is 0 Å². The van der Waals surface area contributed by atoms with Crippen molar-refractivity contribution >= 4 is 12.7 Å². The van der Waals surface area contributed by atoms with Crippen LogP contribution in [0.2, 0.25) is 0 Å². The zero-order valence-corrected chi connectivity index (χ0v) is 6.75. The summed E-state index contributed by atoms with van der Waals surface area (Å²) in [5, 5.41) is 12.4. The van der Waals surface area contributed by atoms with Gasteiger partial charge in [-0.05, 0) is 19.4 Å². The number of aliphatic carboxylic acids is 1. The first-order valence-corrected chi connectivity index (χ1v) is 3.60. The highest BCUT2D eigenvalue weighted by atomic mass is 16.4. The molecule has 0 atom stereocenters. The van der Waals surface area contributed by atoms with Crippen molar-refractivity contribution in [3.63, 3.8) is 0 Å². The van der Waals surface area contributed by atoms with Gasteiger partial charge in [-0.15, -0.1) is 0 Å². The predicted molar refractivity (Wildman–Crippen MR) is 44.2 cm³/mol. The molecule has 0 unspecified atom stereocenters. The number of hydrogen-bond donors (Lipinski definition) is 3. The van der Waals surface area contributed by atoms with E-state index in [1.54, 1.807) is 0 Å². The van der Waals surface area contributed by atoms with E-state index in [1.165, 1.54) is 0 Å². The maximum absolute atomic E-state index is 9.93. The van der Waals surface area contributed by atoms with E-state index in [-0.39, 0.29) is 6.42 Å². The Morgan fingerprint density at radius 3 is 2.27 bits per heavy atom. The molecule has 0 aromatic rings. The van der Waals surface area contributed by atoms with Crippen molar-refractivity contribution < 1.29 is 15.3 Å². The molecule has 0 aliphatic heterocycles. The van der Waals surface area contributed by atoms with Gasteiger partial charge in [-0.3, -0.25) is 10.2 Å². The van der Waals surface area contributed by atoms with Crippen molar-refractivity contribution in [1.29, 1.82) is 0 Å². The second-order valence-electron chi connectivity index (χ2n) is 1.99. The fourth-order valence-corrected chi connectivity index (χ4v) is 0.597. The van der Waals surface area contributed by atoms with E-state index >= 15 is 0 Å². The molecule has 4 heteroatoms. The number of nitrogens with two attached hydrogens (primary N) is 2. The Balaban J connectivity index is 0. The topological polar surface area (TPSA) is 88.9 Å². The monoisotopic (exact) mass is 161 g/mol. The highest BCUT2D eigenvalue weighted by Crippen LogP contribution is 1.97. The minimum Gasteiger partial charge on any atom is -0.481 e. The number of carbonyl (C=O) groups is 1. The van der Waals surface area contributed by atoms with Crippen molar-refractivity contribution in [1.82, 2.24) is 0 Å². The molecule has 0 heterocycles. The standard InChI is InChI=1S/C6H13NO2.CH3N/c7-5-3-1-2-4-6(8)9;1-2/h1-5,7H2,(H,8,9);2H,1H2/p+1. The molecule has 0 amide bonds. The molecule has 0 rings (SSSR count). The van der Waals surface area contributed by atoms with Gasteiger partial charge in [0.05, 0.1) is 0 Å². The van der Waals surface area contributed by atoms with Crippen molar-refractivity contribution in [3.05, 3.63) is 0 Å². The lowest BCUT2D eigenvalue weighted by atomic mass is 10.2. The van der Waals surface area contributed by atoms with Crippen LogP contribution in [0.5, 0.6) is 0 Å². The first kappa shape index (κ1) is 12.7. The van der Waals surface area contributed by atoms with E-state index in [1.807, 2.05) is 0 Å². The Bertz CT molecular complexity index is 96.4. The van der Waals surface area contributed by atoms with Crippen LogP contribution in [0.3, 0.4) is 0 Å². The molecule has 0 fully saturated rings. The normalized spacial score (nSPS) is 8.09. The number of carboxylic acids is 1.